The Morgan fingerprint density at radius 1 is 1.47 bits per heavy atom. The van der Waals surface area contributed by atoms with Crippen LogP contribution in [-0.2, 0) is 9.80 Å². The molecule has 1 unspecified atom stereocenters. The summed E-state index contributed by atoms with van der Waals surface area (Å²) in [4.78, 5) is 17.1. The molecule has 1 atom stereocenters. The van der Waals surface area contributed by atoms with E-state index in [2.05, 4.69) is 9.97 Å². The summed E-state index contributed by atoms with van der Waals surface area (Å²) >= 11 is 0. The third-order valence-corrected chi connectivity index (χ3v) is 2.78. The predicted octanol–water partition coefficient (Wildman–Crippen LogP) is 0.644. The van der Waals surface area contributed by atoms with E-state index in [0.29, 0.717) is 5.69 Å². The fourth-order valence-corrected chi connectivity index (χ4v) is 1.87. The number of H-pyrrole nitrogens is 1. The second kappa shape index (κ2) is 3.67. The van der Waals surface area contributed by atoms with Crippen molar-refractivity contribution >= 4 is 15.8 Å². The number of nitrogens with one attached hydrogen (secondary N) is 1. The van der Waals surface area contributed by atoms with Gasteiger partial charge in [0.15, 0.2) is 0 Å². The molecule has 0 saturated carbocycles. The van der Waals surface area contributed by atoms with E-state index in [4.69, 9.17) is 5.11 Å². The average molecular weight is 232 g/mol. The highest BCUT2D eigenvalue weighted by Crippen LogP contribution is 2.08. The molecular formula is C8H12N2O4S. The van der Waals surface area contributed by atoms with E-state index in [1.807, 2.05) is 0 Å². The maximum atomic E-state index is 11.3. The van der Waals surface area contributed by atoms with Crippen LogP contribution in [0.15, 0.2) is 0 Å². The number of hydrogen-bond donors (Lipinski definition) is 3. The van der Waals surface area contributed by atoms with Gasteiger partial charge in [-0.3, -0.25) is 0 Å². The molecular weight excluding hydrogens is 220 g/mol. The number of carboxylic acid groups (broad SMARTS) is 1. The molecule has 0 aliphatic carbocycles. The van der Waals surface area contributed by atoms with Crippen LogP contribution >= 0.6 is 0 Å². The molecule has 0 aliphatic heterocycles. The van der Waals surface area contributed by atoms with Gasteiger partial charge in [-0.1, -0.05) is 0 Å². The van der Waals surface area contributed by atoms with Crippen LogP contribution in [0.2, 0.25) is 0 Å². The van der Waals surface area contributed by atoms with Gasteiger partial charge in [0.1, 0.15) is 9.80 Å². The lowest BCUT2D eigenvalue weighted by Gasteiger charge is -2.05. The van der Waals surface area contributed by atoms with Crippen molar-refractivity contribution in [1.29, 1.82) is 0 Å². The summed E-state index contributed by atoms with van der Waals surface area (Å²) in [5, 5.41) is 8.85. The molecule has 0 spiro atoms. The average Bonchev–Trinajstić information content (AvgIpc) is 1.99. The Hall–Kier alpha value is -1.34. The van der Waals surface area contributed by atoms with Crippen LogP contribution in [-0.4, -0.2) is 36.1 Å². The second-order valence-electron chi connectivity index (χ2n) is 3.24. The molecule has 0 bridgehead atoms. The molecule has 15 heavy (non-hydrogen) atoms. The number of aromatic amines is 1. The number of carboxylic acids is 1. The normalized spacial score (nSPS) is 14.7. The molecule has 84 valence electrons. The molecule has 0 fully saturated rings. The molecule has 1 rings (SSSR count). The first-order valence-corrected chi connectivity index (χ1v) is 6.01. The van der Waals surface area contributed by atoms with Crippen LogP contribution in [0.3, 0.4) is 0 Å². The van der Waals surface area contributed by atoms with Crippen LogP contribution in [0.1, 0.15) is 21.7 Å². The minimum atomic E-state index is -3.20. The molecule has 1 aromatic heterocycles. The summed E-state index contributed by atoms with van der Waals surface area (Å²) in [7, 11) is -3.20. The molecule has 7 heteroatoms. The molecule has 0 saturated heterocycles. The van der Waals surface area contributed by atoms with E-state index < -0.39 is 15.8 Å². The van der Waals surface area contributed by atoms with Crippen molar-refractivity contribution < 1.29 is 18.7 Å². The summed E-state index contributed by atoms with van der Waals surface area (Å²) in [5.74, 6) is -1.11. The lowest BCUT2D eigenvalue weighted by Crippen LogP contribution is -2.10. The highest BCUT2D eigenvalue weighted by molar-refractivity contribution is 7.89. The maximum Gasteiger partial charge on any atom is 0.339 e. The first-order chi connectivity index (χ1) is 6.73. The van der Waals surface area contributed by atoms with Crippen LogP contribution in [0, 0.1) is 18.6 Å². The fourth-order valence-electron chi connectivity index (χ4n) is 1.22. The van der Waals surface area contributed by atoms with E-state index in [-0.39, 0.29) is 16.0 Å². The topological polar surface area (TPSA) is 103 Å². The van der Waals surface area contributed by atoms with Gasteiger partial charge in [0, 0.05) is 11.9 Å². The van der Waals surface area contributed by atoms with Crippen LogP contribution in [0.5, 0.6) is 0 Å². The first kappa shape index (κ1) is 11.7. The van der Waals surface area contributed by atoms with Gasteiger partial charge < -0.3 is 14.6 Å². The summed E-state index contributed by atoms with van der Waals surface area (Å²) in [6.07, 6.45) is 1.12. The molecule has 1 aromatic rings. The maximum absolute atomic E-state index is 11.3. The third kappa shape index (κ3) is 2.37. The van der Waals surface area contributed by atoms with Crippen molar-refractivity contribution in [3.8, 4) is 0 Å². The largest absolute Gasteiger partial charge is 0.478 e. The molecule has 0 aliphatic rings. The number of carbonyl (C=O) groups is 1. The Bertz CT molecular complexity index is 532. The minimum Gasteiger partial charge on any atom is -0.478 e. The Kier molecular flexibility index (Phi) is 2.87. The molecule has 6 nitrogen and oxygen atoms in total. The summed E-state index contributed by atoms with van der Waals surface area (Å²) in [6, 6.07) is 0. The van der Waals surface area contributed by atoms with Gasteiger partial charge in [-0.05, 0) is 13.8 Å². The van der Waals surface area contributed by atoms with Gasteiger partial charge in [0.25, 0.3) is 0 Å². The predicted molar refractivity (Wildman–Crippen MR) is 55.0 cm³/mol. The number of aromatic nitrogens is 2. The van der Waals surface area contributed by atoms with Crippen molar-refractivity contribution in [2.75, 3.05) is 6.26 Å². The summed E-state index contributed by atoms with van der Waals surface area (Å²) < 4.78 is 20.4. The highest BCUT2D eigenvalue weighted by atomic mass is 32.2. The molecule has 0 radical (unpaired) electrons. The van der Waals surface area contributed by atoms with Crippen LogP contribution < -0.4 is 0 Å². The highest BCUT2D eigenvalue weighted by Gasteiger charge is 2.13. The van der Waals surface area contributed by atoms with Gasteiger partial charge >= 0.3 is 5.97 Å². The number of hydrogen-bond acceptors (Lipinski definition) is 3. The van der Waals surface area contributed by atoms with Gasteiger partial charge in [-0.25, -0.2) is 14.0 Å². The Balaban J connectivity index is 3.76. The minimum absolute atomic E-state index is 0.0300. The Morgan fingerprint density at radius 3 is 2.33 bits per heavy atom. The smallest absolute Gasteiger partial charge is 0.339 e. The van der Waals surface area contributed by atoms with Gasteiger partial charge in [-0.15, -0.1) is 0 Å². The van der Waals surface area contributed by atoms with Crippen molar-refractivity contribution in [2.24, 2.45) is 0 Å². The monoisotopic (exact) mass is 232 g/mol. The molecule has 3 N–H and O–H groups in total. The van der Waals surface area contributed by atoms with E-state index >= 15 is 0 Å². The third-order valence-electron chi connectivity index (χ3n) is 1.87. The van der Waals surface area contributed by atoms with Crippen molar-refractivity contribution in [1.82, 2.24) is 9.97 Å². The number of aryl methyl sites for hydroxylation is 2. The van der Waals surface area contributed by atoms with Crippen molar-refractivity contribution in [3.63, 3.8) is 0 Å². The van der Waals surface area contributed by atoms with Crippen molar-refractivity contribution in [2.45, 2.75) is 13.8 Å². The van der Waals surface area contributed by atoms with Crippen molar-refractivity contribution in [3.05, 3.63) is 21.7 Å². The zero-order valence-electron chi connectivity index (χ0n) is 8.57. The van der Waals surface area contributed by atoms with E-state index in [1.54, 1.807) is 0 Å². The number of nitrogens with zero attached hydrogens (tertiary/aromatic N) is 1. The second-order valence-corrected chi connectivity index (χ2v) is 5.23. The number of rotatable bonds is 1. The van der Waals surface area contributed by atoms with E-state index in [1.165, 1.54) is 13.8 Å². The Labute approximate surface area is 86.8 Å². The lowest BCUT2D eigenvalue weighted by atomic mass is 10.2. The standard InChI is InChI=1S/C8H12N2O4S/c1-4-6(7(11)12)5(2)10-8(9-4)15(3,13)14/h9H,1-3H3,(H,11,12)(H,13,14). The van der Waals surface area contributed by atoms with Gasteiger partial charge in [0.2, 0.25) is 4.77 Å². The van der Waals surface area contributed by atoms with Crippen LogP contribution in [0.25, 0.3) is 0 Å². The number of aromatic carboxylic acids is 1. The van der Waals surface area contributed by atoms with Gasteiger partial charge in [-0.2, -0.15) is 0 Å². The van der Waals surface area contributed by atoms with E-state index in [0.717, 1.165) is 6.26 Å². The summed E-state index contributed by atoms with van der Waals surface area (Å²) in [5.41, 5.74) is 0.563. The molecule has 0 amide bonds. The van der Waals surface area contributed by atoms with Gasteiger partial charge in [0.05, 0.1) is 11.3 Å². The molecule has 1 heterocycles. The Morgan fingerprint density at radius 2 is 2.00 bits per heavy atom. The lowest BCUT2D eigenvalue weighted by molar-refractivity contribution is 0.0694. The fraction of sp³-hybridized carbons (Fsp3) is 0.375. The molecule has 0 aromatic carbocycles. The van der Waals surface area contributed by atoms with E-state index in [9.17, 15) is 13.6 Å². The quantitative estimate of drug-likeness (QED) is 0.616. The summed E-state index contributed by atoms with van der Waals surface area (Å²) in [6.45, 7) is 3.01. The zero-order chi connectivity index (χ0) is 11.8. The van der Waals surface area contributed by atoms with Crippen LogP contribution in [0.4, 0.5) is 0 Å². The SMILES string of the molecule is Cc1nc(=S(C)(=O)O)[nH]c(C)c1C(=O)O. The first-order valence-electron chi connectivity index (χ1n) is 4.09. The zero-order valence-corrected chi connectivity index (χ0v) is 9.38.